The number of nitrogens with zero attached hydrogens (tertiary/aromatic N) is 2. The van der Waals surface area contributed by atoms with E-state index in [9.17, 15) is 9.59 Å². The Labute approximate surface area is 140 Å². The first kappa shape index (κ1) is 16.2. The molecule has 1 aliphatic carbocycles. The number of para-hydroxylation sites is 1. The van der Waals surface area contributed by atoms with E-state index in [0.717, 1.165) is 24.2 Å². The Morgan fingerprint density at radius 3 is 2.83 bits per heavy atom. The van der Waals surface area contributed by atoms with E-state index in [4.69, 9.17) is 4.74 Å². The van der Waals surface area contributed by atoms with Gasteiger partial charge in [0.2, 0.25) is 0 Å². The van der Waals surface area contributed by atoms with Crippen LogP contribution in [0.5, 0.6) is 5.75 Å². The van der Waals surface area contributed by atoms with Gasteiger partial charge in [0.1, 0.15) is 17.3 Å². The van der Waals surface area contributed by atoms with E-state index in [1.54, 1.807) is 19.1 Å². The van der Waals surface area contributed by atoms with Crippen LogP contribution < -0.4 is 10.3 Å². The number of likely N-dealkylation sites (N-methyl/N-ethyl adjacent to an activating group) is 1. The largest absolute Gasteiger partial charge is 0.496 e. The van der Waals surface area contributed by atoms with Crippen LogP contribution in [-0.4, -0.2) is 41.5 Å². The quantitative estimate of drug-likeness (QED) is 0.880. The van der Waals surface area contributed by atoms with Crippen LogP contribution in [0.1, 0.15) is 40.6 Å². The van der Waals surface area contributed by atoms with Crippen LogP contribution >= 0.6 is 0 Å². The SMILES string of the molecule is COc1ccccc1CCN(C)C(=O)c1cc(=O)[nH]c(C2CC2)n1. The van der Waals surface area contributed by atoms with Crippen LogP contribution in [-0.2, 0) is 6.42 Å². The van der Waals surface area contributed by atoms with E-state index in [-0.39, 0.29) is 17.2 Å². The molecule has 3 rings (SSSR count). The summed E-state index contributed by atoms with van der Waals surface area (Å²) in [5.74, 6) is 1.50. The summed E-state index contributed by atoms with van der Waals surface area (Å²) >= 11 is 0. The minimum atomic E-state index is -0.270. The third kappa shape index (κ3) is 3.64. The molecule has 0 aliphatic heterocycles. The Kier molecular flexibility index (Phi) is 4.64. The van der Waals surface area contributed by atoms with Gasteiger partial charge in [-0.05, 0) is 30.9 Å². The Hall–Kier alpha value is -2.63. The molecule has 1 heterocycles. The van der Waals surface area contributed by atoms with Crippen molar-refractivity contribution in [1.82, 2.24) is 14.9 Å². The number of carbonyl (C=O) groups is 1. The summed E-state index contributed by atoms with van der Waals surface area (Å²) in [5.41, 5.74) is 0.980. The molecule has 0 saturated heterocycles. The number of benzene rings is 1. The fourth-order valence-electron chi connectivity index (χ4n) is 2.63. The van der Waals surface area contributed by atoms with Crippen LogP contribution in [0.25, 0.3) is 0 Å². The van der Waals surface area contributed by atoms with Crippen LogP contribution in [0.3, 0.4) is 0 Å². The number of aromatic nitrogens is 2. The van der Waals surface area contributed by atoms with Gasteiger partial charge in [0.05, 0.1) is 7.11 Å². The summed E-state index contributed by atoms with van der Waals surface area (Å²) in [6, 6.07) is 9.01. The topological polar surface area (TPSA) is 75.3 Å². The maximum Gasteiger partial charge on any atom is 0.272 e. The summed E-state index contributed by atoms with van der Waals surface area (Å²) in [5, 5.41) is 0. The number of H-pyrrole nitrogens is 1. The molecule has 1 fully saturated rings. The number of rotatable bonds is 6. The molecule has 0 bridgehead atoms. The molecule has 1 aromatic carbocycles. The first-order valence-electron chi connectivity index (χ1n) is 8.07. The minimum absolute atomic E-state index is 0.211. The number of carbonyl (C=O) groups excluding carboxylic acids is 1. The lowest BCUT2D eigenvalue weighted by molar-refractivity contribution is 0.0790. The molecule has 0 spiro atoms. The Morgan fingerprint density at radius 1 is 1.38 bits per heavy atom. The van der Waals surface area contributed by atoms with Crippen molar-refractivity contribution in [3.05, 3.63) is 57.8 Å². The molecule has 126 valence electrons. The molecule has 0 unspecified atom stereocenters. The van der Waals surface area contributed by atoms with Gasteiger partial charge in [0, 0.05) is 25.6 Å². The fourth-order valence-corrected chi connectivity index (χ4v) is 2.63. The maximum atomic E-state index is 12.5. The normalized spacial score (nSPS) is 13.6. The van der Waals surface area contributed by atoms with Crippen molar-refractivity contribution in [3.63, 3.8) is 0 Å². The predicted octanol–water partition coefficient (Wildman–Crippen LogP) is 1.97. The highest BCUT2D eigenvalue weighted by molar-refractivity contribution is 5.92. The fraction of sp³-hybridized carbons (Fsp3) is 0.389. The Morgan fingerprint density at radius 2 is 2.12 bits per heavy atom. The van der Waals surface area contributed by atoms with Gasteiger partial charge in [0.25, 0.3) is 11.5 Å². The molecular weight excluding hydrogens is 306 g/mol. The van der Waals surface area contributed by atoms with E-state index < -0.39 is 0 Å². The molecular formula is C18H21N3O3. The lowest BCUT2D eigenvalue weighted by atomic mass is 10.1. The number of amides is 1. The van der Waals surface area contributed by atoms with Crippen molar-refractivity contribution in [2.45, 2.75) is 25.2 Å². The maximum absolute atomic E-state index is 12.5. The monoisotopic (exact) mass is 327 g/mol. The van der Waals surface area contributed by atoms with Gasteiger partial charge in [-0.15, -0.1) is 0 Å². The van der Waals surface area contributed by atoms with Crippen molar-refractivity contribution in [2.75, 3.05) is 20.7 Å². The smallest absolute Gasteiger partial charge is 0.272 e. The zero-order valence-electron chi connectivity index (χ0n) is 13.9. The first-order chi connectivity index (χ1) is 11.6. The van der Waals surface area contributed by atoms with Crippen LogP contribution in [0, 0.1) is 0 Å². The third-order valence-corrected chi connectivity index (χ3v) is 4.20. The average Bonchev–Trinajstić information content (AvgIpc) is 3.43. The number of hydrogen-bond acceptors (Lipinski definition) is 4. The second-order valence-corrected chi connectivity index (χ2v) is 6.08. The van der Waals surface area contributed by atoms with Crippen molar-refractivity contribution in [2.24, 2.45) is 0 Å². The Balaban J connectivity index is 1.69. The highest BCUT2D eigenvalue weighted by Gasteiger charge is 2.27. The van der Waals surface area contributed by atoms with Gasteiger partial charge in [-0.1, -0.05) is 18.2 Å². The number of aromatic amines is 1. The standard InChI is InChI=1S/C18H21N3O3/c1-21(10-9-12-5-3-4-6-15(12)24-2)18(23)14-11-16(22)20-17(19-14)13-7-8-13/h3-6,11,13H,7-10H2,1-2H3,(H,19,20,22). The van der Waals surface area contributed by atoms with Gasteiger partial charge >= 0.3 is 0 Å². The van der Waals surface area contributed by atoms with Crippen molar-refractivity contribution < 1.29 is 9.53 Å². The van der Waals surface area contributed by atoms with E-state index in [2.05, 4.69) is 9.97 Å². The average molecular weight is 327 g/mol. The van der Waals surface area contributed by atoms with Gasteiger partial charge in [-0.2, -0.15) is 0 Å². The summed E-state index contributed by atoms with van der Waals surface area (Å²) in [7, 11) is 3.35. The van der Waals surface area contributed by atoms with E-state index in [1.165, 1.54) is 6.07 Å². The molecule has 1 amide bonds. The van der Waals surface area contributed by atoms with Gasteiger partial charge in [0.15, 0.2) is 0 Å². The van der Waals surface area contributed by atoms with E-state index in [1.807, 2.05) is 24.3 Å². The molecule has 6 heteroatoms. The molecule has 1 aromatic heterocycles. The van der Waals surface area contributed by atoms with Crippen molar-refractivity contribution >= 4 is 5.91 Å². The van der Waals surface area contributed by atoms with E-state index >= 15 is 0 Å². The van der Waals surface area contributed by atoms with E-state index in [0.29, 0.717) is 24.7 Å². The van der Waals surface area contributed by atoms with Crippen LogP contribution in [0.4, 0.5) is 0 Å². The summed E-state index contributed by atoms with van der Waals surface area (Å²) in [6.45, 7) is 0.520. The van der Waals surface area contributed by atoms with Crippen molar-refractivity contribution in [1.29, 1.82) is 0 Å². The van der Waals surface area contributed by atoms with Crippen molar-refractivity contribution in [3.8, 4) is 5.75 Å². The highest BCUT2D eigenvalue weighted by atomic mass is 16.5. The number of ether oxygens (including phenoxy) is 1. The summed E-state index contributed by atoms with van der Waals surface area (Å²) in [4.78, 5) is 32.9. The number of methoxy groups -OCH3 is 1. The van der Waals surface area contributed by atoms with Crippen LogP contribution in [0.2, 0.25) is 0 Å². The lowest BCUT2D eigenvalue weighted by Crippen LogP contribution is -2.31. The van der Waals surface area contributed by atoms with Gasteiger partial charge < -0.3 is 14.6 Å². The molecule has 1 saturated carbocycles. The van der Waals surface area contributed by atoms with Gasteiger partial charge in [-0.3, -0.25) is 9.59 Å². The zero-order valence-corrected chi connectivity index (χ0v) is 13.9. The second-order valence-electron chi connectivity index (χ2n) is 6.08. The molecule has 2 aromatic rings. The molecule has 1 N–H and O–H groups in total. The molecule has 0 radical (unpaired) electrons. The number of nitrogens with one attached hydrogen (secondary N) is 1. The van der Waals surface area contributed by atoms with Crippen LogP contribution in [0.15, 0.2) is 35.1 Å². The molecule has 0 atom stereocenters. The Bertz CT molecular complexity index is 796. The second kappa shape index (κ2) is 6.86. The first-order valence-corrected chi connectivity index (χ1v) is 8.07. The summed E-state index contributed by atoms with van der Waals surface area (Å²) in [6.07, 6.45) is 2.71. The molecule has 24 heavy (non-hydrogen) atoms. The summed E-state index contributed by atoms with van der Waals surface area (Å²) < 4.78 is 5.33. The molecule has 1 aliphatic rings. The predicted molar refractivity (Wildman–Crippen MR) is 90.5 cm³/mol. The van der Waals surface area contributed by atoms with Gasteiger partial charge in [-0.25, -0.2) is 4.98 Å². The third-order valence-electron chi connectivity index (χ3n) is 4.20. The highest BCUT2D eigenvalue weighted by Crippen LogP contribution is 2.37. The number of hydrogen-bond donors (Lipinski definition) is 1. The lowest BCUT2D eigenvalue weighted by Gasteiger charge is -2.17. The zero-order chi connectivity index (χ0) is 17.1. The molecule has 6 nitrogen and oxygen atoms in total. The minimum Gasteiger partial charge on any atom is -0.496 e.